The van der Waals surface area contributed by atoms with Gasteiger partial charge in [0.25, 0.3) is 0 Å². The Labute approximate surface area is 98.8 Å². The number of nitrogens with zero attached hydrogens (tertiary/aromatic N) is 1. The Morgan fingerprint density at radius 3 is 3.06 bits per heavy atom. The lowest BCUT2D eigenvalue weighted by molar-refractivity contribution is 0.0697. The van der Waals surface area contributed by atoms with Crippen LogP contribution < -0.4 is 11.1 Å². The Hall–Kier alpha value is -1.82. The molecule has 1 saturated heterocycles. The number of nitrogen functional groups attached to an aromatic ring is 1. The Kier molecular flexibility index (Phi) is 3.14. The smallest absolute Gasteiger partial charge is 0.339 e. The molecule has 1 aliphatic heterocycles. The van der Waals surface area contributed by atoms with E-state index < -0.39 is 5.97 Å². The van der Waals surface area contributed by atoms with Crippen molar-refractivity contribution in [1.82, 2.24) is 4.98 Å². The summed E-state index contributed by atoms with van der Waals surface area (Å²) in [7, 11) is 0. The maximum Gasteiger partial charge on any atom is 0.339 e. The second-order valence-corrected chi connectivity index (χ2v) is 4.09. The minimum atomic E-state index is -1.04. The minimum Gasteiger partial charge on any atom is -0.478 e. The van der Waals surface area contributed by atoms with E-state index in [9.17, 15) is 4.79 Å². The van der Waals surface area contributed by atoms with E-state index in [0.717, 1.165) is 6.42 Å². The molecule has 1 aromatic rings. The van der Waals surface area contributed by atoms with Gasteiger partial charge in [-0.05, 0) is 19.4 Å². The zero-order valence-corrected chi connectivity index (χ0v) is 9.51. The van der Waals surface area contributed by atoms with Crippen molar-refractivity contribution in [3.63, 3.8) is 0 Å². The molecule has 0 aromatic carbocycles. The van der Waals surface area contributed by atoms with E-state index in [4.69, 9.17) is 15.6 Å². The first-order valence-electron chi connectivity index (χ1n) is 5.45. The van der Waals surface area contributed by atoms with Crippen LogP contribution in [-0.4, -0.2) is 34.8 Å². The molecule has 2 heterocycles. The van der Waals surface area contributed by atoms with Gasteiger partial charge < -0.3 is 20.9 Å². The number of aromatic nitrogens is 1. The molecule has 6 nitrogen and oxygen atoms in total. The van der Waals surface area contributed by atoms with Crippen LogP contribution >= 0.6 is 0 Å². The van der Waals surface area contributed by atoms with Gasteiger partial charge in [0, 0.05) is 6.61 Å². The highest BCUT2D eigenvalue weighted by Gasteiger charge is 2.25. The normalized spacial score (nSPS) is 23.6. The molecule has 2 atom stereocenters. The Morgan fingerprint density at radius 2 is 2.47 bits per heavy atom. The number of rotatable bonds is 3. The topological polar surface area (TPSA) is 97.5 Å². The number of ether oxygens (including phenoxy) is 1. The zero-order chi connectivity index (χ0) is 12.4. The van der Waals surface area contributed by atoms with Gasteiger partial charge in [-0.15, -0.1) is 0 Å². The van der Waals surface area contributed by atoms with Crippen molar-refractivity contribution in [3.05, 3.63) is 17.8 Å². The van der Waals surface area contributed by atoms with Gasteiger partial charge in [0.05, 0.1) is 24.0 Å². The maximum atomic E-state index is 11.1. The second kappa shape index (κ2) is 4.58. The summed E-state index contributed by atoms with van der Waals surface area (Å²) in [5, 5.41) is 12.2. The zero-order valence-electron chi connectivity index (χ0n) is 9.51. The van der Waals surface area contributed by atoms with Crippen molar-refractivity contribution in [3.8, 4) is 0 Å². The average molecular weight is 237 g/mol. The van der Waals surface area contributed by atoms with Crippen LogP contribution in [0.15, 0.2) is 12.3 Å². The molecule has 1 aliphatic rings. The number of carbonyl (C=O) groups is 1. The van der Waals surface area contributed by atoms with Gasteiger partial charge in [-0.25, -0.2) is 9.78 Å². The summed E-state index contributed by atoms with van der Waals surface area (Å²) in [5.41, 5.74) is 5.95. The monoisotopic (exact) mass is 237 g/mol. The Morgan fingerprint density at radius 1 is 1.71 bits per heavy atom. The molecule has 92 valence electrons. The molecule has 0 aliphatic carbocycles. The standard InChI is InChI=1S/C11H15N3O3/c1-6-9(2-3-17-6)14-10-8(11(15)16)4-7(12)5-13-10/h4-6,9H,2-3,12H2,1H3,(H,13,14)(H,15,16). The number of aromatic carboxylic acids is 1. The number of hydrogen-bond acceptors (Lipinski definition) is 5. The molecule has 1 fully saturated rings. The van der Waals surface area contributed by atoms with Crippen LogP contribution in [0.3, 0.4) is 0 Å². The van der Waals surface area contributed by atoms with E-state index >= 15 is 0 Å². The molecule has 0 radical (unpaired) electrons. The first-order valence-corrected chi connectivity index (χ1v) is 5.45. The highest BCUT2D eigenvalue weighted by molar-refractivity contribution is 5.94. The molecule has 2 unspecified atom stereocenters. The van der Waals surface area contributed by atoms with Crippen LogP contribution in [0.4, 0.5) is 11.5 Å². The van der Waals surface area contributed by atoms with Crippen molar-refractivity contribution < 1.29 is 14.6 Å². The van der Waals surface area contributed by atoms with E-state index in [1.807, 2.05) is 6.92 Å². The number of nitrogens with two attached hydrogens (primary N) is 1. The molecule has 0 spiro atoms. The van der Waals surface area contributed by atoms with Crippen molar-refractivity contribution in [2.75, 3.05) is 17.7 Å². The van der Waals surface area contributed by atoms with Gasteiger partial charge in [0.1, 0.15) is 11.4 Å². The van der Waals surface area contributed by atoms with Gasteiger partial charge in [-0.2, -0.15) is 0 Å². The predicted octanol–water partition coefficient (Wildman–Crippen LogP) is 0.951. The summed E-state index contributed by atoms with van der Waals surface area (Å²) in [6.45, 7) is 2.62. The quantitative estimate of drug-likeness (QED) is 0.724. The van der Waals surface area contributed by atoms with Crippen LogP contribution in [-0.2, 0) is 4.74 Å². The number of anilines is 2. The van der Waals surface area contributed by atoms with E-state index in [-0.39, 0.29) is 17.7 Å². The first-order chi connectivity index (χ1) is 8.08. The highest BCUT2D eigenvalue weighted by Crippen LogP contribution is 2.21. The number of pyridine rings is 1. The molecule has 6 heteroatoms. The van der Waals surface area contributed by atoms with Crippen LogP contribution in [0.2, 0.25) is 0 Å². The Balaban J connectivity index is 2.22. The van der Waals surface area contributed by atoms with Crippen LogP contribution in [0, 0.1) is 0 Å². The highest BCUT2D eigenvalue weighted by atomic mass is 16.5. The number of nitrogens with one attached hydrogen (secondary N) is 1. The number of carboxylic acid groups (broad SMARTS) is 1. The number of carboxylic acids is 1. The van der Waals surface area contributed by atoms with E-state index in [2.05, 4.69) is 10.3 Å². The largest absolute Gasteiger partial charge is 0.478 e. The van der Waals surface area contributed by atoms with Crippen molar-refractivity contribution >= 4 is 17.5 Å². The van der Waals surface area contributed by atoms with Gasteiger partial charge in [-0.1, -0.05) is 0 Å². The van der Waals surface area contributed by atoms with Gasteiger partial charge in [-0.3, -0.25) is 0 Å². The predicted molar refractivity (Wildman–Crippen MR) is 63.1 cm³/mol. The fraction of sp³-hybridized carbons (Fsp3) is 0.455. The summed E-state index contributed by atoms with van der Waals surface area (Å²) in [5.74, 6) is -0.701. The SMILES string of the molecule is CC1OCCC1Nc1ncc(N)cc1C(=O)O. The van der Waals surface area contributed by atoms with E-state index in [1.165, 1.54) is 12.3 Å². The molecule has 0 bridgehead atoms. The lowest BCUT2D eigenvalue weighted by atomic mass is 10.1. The number of hydrogen-bond donors (Lipinski definition) is 3. The first kappa shape index (κ1) is 11.7. The summed E-state index contributed by atoms with van der Waals surface area (Å²) in [6, 6.07) is 1.49. The van der Waals surface area contributed by atoms with Crippen molar-refractivity contribution in [2.24, 2.45) is 0 Å². The molecule has 0 saturated carbocycles. The summed E-state index contributed by atoms with van der Waals surface area (Å²) in [6.07, 6.45) is 2.33. The molecular weight excluding hydrogens is 222 g/mol. The second-order valence-electron chi connectivity index (χ2n) is 4.09. The third-order valence-corrected chi connectivity index (χ3v) is 2.84. The molecule has 0 amide bonds. The van der Waals surface area contributed by atoms with Gasteiger partial charge in [0.2, 0.25) is 0 Å². The fourth-order valence-corrected chi connectivity index (χ4v) is 1.86. The van der Waals surface area contributed by atoms with E-state index in [0.29, 0.717) is 18.1 Å². The molecule has 2 rings (SSSR count). The third-order valence-electron chi connectivity index (χ3n) is 2.84. The van der Waals surface area contributed by atoms with Crippen LogP contribution in [0.1, 0.15) is 23.7 Å². The molecule has 1 aromatic heterocycles. The van der Waals surface area contributed by atoms with Crippen molar-refractivity contribution in [1.29, 1.82) is 0 Å². The van der Waals surface area contributed by atoms with Crippen molar-refractivity contribution in [2.45, 2.75) is 25.5 Å². The van der Waals surface area contributed by atoms with Crippen LogP contribution in [0.25, 0.3) is 0 Å². The lowest BCUT2D eigenvalue weighted by Gasteiger charge is -2.17. The average Bonchev–Trinajstić information content (AvgIpc) is 2.67. The molecule has 4 N–H and O–H groups in total. The van der Waals surface area contributed by atoms with Gasteiger partial charge in [0.15, 0.2) is 0 Å². The third kappa shape index (κ3) is 2.47. The summed E-state index contributed by atoms with van der Waals surface area (Å²) in [4.78, 5) is 15.1. The maximum absolute atomic E-state index is 11.1. The van der Waals surface area contributed by atoms with Crippen LogP contribution in [0.5, 0.6) is 0 Å². The molecule has 17 heavy (non-hydrogen) atoms. The lowest BCUT2D eigenvalue weighted by Crippen LogP contribution is -2.28. The fourth-order valence-electron chi connectivity index (χ4n) is 1.86. The van der Waals surface area contributed by atoms with Gasteiger partial charge >= 0.3 is 5.97 Å². The summed E-state index contributed by atoms with van der Waals surface area (Å²) >= 11 is 0. The Bertz CT molecular complexity index is 436. The van der Waals surface area contributed by atoms with E-state index in [1.54, 1.807) is 0 Å². The minimum absolute atomic E-state index is 0.0518. The summed E-state index contributed by atoms with van der Waals surface area (Å²) < 4.78 is 5.40. The molecular formula is C11H15N3O3.